The molecule has 1 aliphatic rings. The predicted octanol–water partition coefficient (Wildman–Crippen LogP) is 4.34. The van der Waals surface area contributed by atoms with Crippen molar-refractivity contribution in [2.45, 2.75) is 37.8 Å². The van der Waals surface area contributed by atoms with Gasteiger partial charge in [0.05, 0.1) is 6.04 Å². The number of rotatable bonds is 7. The van der Waals surface area contributed by atoms with Crippen molar-refractivity contribution in [3.63, 3.8) is 0 Å². The molecule has 2 atom stereocenters. The molecule has 0 radical (unpaired) electrons. The van der Waals surface area contributed by atoms with Crippen molar-refractivity contribution >= 4 is 34.8 Å². The summed E-state index contributed by atoms with van der Waals surface area (Å²) in [6.07, 6.45) is 5.46. The summed E-state index contributed by atoms with van der Waals surface area (Å²) in [7, 11) is 2.09. The maximum Gasteiger partial charge on any atom is 0.228 e. The number of carbonyl (C=O) groups excluding carboxylic acids is 1. The molecule has 1 aromatic carbocycles. The van der Waals surface area contributed by atoms with E-state index in [0.29, 0.717) is 23.4 Å². The van der Waals surface area contributed by atoms with Crippen molar-refractivity contribution in [3.05, 3.63) is 41.9 Å². The summed E-state index contributed by atoms with van der Waals surface area (Å²) >= 11 is 11.8. The summed E-state index contributed by atoms with van der Waals surface area (Å²) in [4.78, 5) is 16.9. The van der Waals surface area contributed by atoms with Gasteiger partial charge < -0.3 is 4.90 Å². The number of hydrogen-bond donors (Lipinski definition) is 0. The molecule has 2 rings (SSSR count). The molecular formula is C18H24Cl2N2O. The van der Waals surface area contributed by atoms with E-state index in [-0.39, 0.29) is 11.9 Å². The van der Waals surface area contributed by atoms with Crippen LogP contribution in [0.1, 0.15) is 25.7 Å². The second-order valence-electron chi connectivity index (χ2n) is 5.97. The summed E-state index contributed by atoms with van der Waals surface area (Å²) in [6, 6.07) is 7.99. The first-order chi connectivity index (χ1) is 11.1. The number of carbonyl (C=O) groups is 1. The molecule has 126 valence electrons. The zero-order valence-electron chi connectivity index (χ0n) is 13.5. The fourth-order valence-corrected chi connectivity index (χ4v) is 3.69. The number of benzene rings is 1. The fraction of sp³-hybridized carbons (Fsp3) is 0.500. The van der Waals surface area contributed by atoms with Crippen LogP contribution in [-0.4, -0.2) is 42.4 Å². The summed E-state index contributed by atoms with van der Waals surface area (Å²) in [5, 5.41) is 0.672. The molecule has 1 amide bonds. The molecule has 0 heterocycles. The first-order valence-electron chi connectivity index (χ1n) is 8.03. The molecule has 0 aromatic heterocycles. The zero-order chi connectivity index (χ0) is 16.8. The largest absolute Gasteiger partial charge is 0.308 e. The van der Waals surface area contributed by atoms with E-state index < -0.39 is 0 Å². The van der Waals surface area contributed by atoms with Crippen LogP contribution in [0.3, 0.4) is 0 Å². The SMILES string of the molecule is C=CCN(C)C1CCCC1N(C(=O)CCCl)c1ccc(Cl)cc1. The van der Waals surface area contributed by atoms with E-state index in [2.05, 4.69) is 18.5 Å². The quantitative estimate of drug-likeness (QED) is 0.537. The van der Waals surface area contributed by atoms with E-state index in [1.54, 1.807) is 0 Å². The van der Waals surface area contributed by atoms with E-state index >= 15 is 0 Å². The molecule has 3 nitrogen and oxygen atoms in total. The van der Waals surface area contributed by atoms with Crippen LogP contribution in [0.5, 0.6) is 0 Å². The lowest BCUT2D eigenvalue weighted by Gasteiger charge is -2.37. The lowest BCUT2D eigenvalue weighted by atomic mass is 10.1. The number of nitrogens with zero attached hydrogens (tertiary/aromatic N) is 2. The van der Waals surface area contributed by atoms with Gasteiger partial charge in [-0.2, -0.15) is 0 Å². The van der Waals surface area contributed by atoms with Gasteiger partial charge in [0.25, 0.3) is 0 Å². The lowest BCUT2D eigenvalue weighted by molar-refractivity contribution is -0.118. The van der Waals surface area contributed by atoms with Crippen LogP contribution in [-0.2, 0) is 4.79 Å². The van der Waals surface area contributed by atoms with E-state index in [9.17, 15) is 4.79 Å². The normalized spacial score (nSPS) is 20.7. The maximum absolute atomic E-state index is 12.7. The minimum Gasteiger partial charge on any atom is -0.308 e. The number of alkyl halides is 1. The zero-order valence-corrected chi connectivity index (χ0v) is 15.1. The Balaban J connectivity index is 2.30. The summed E-state index contributed by atoms with van der Waals surface area (Å²) in [5.41, 5.74) is 0.897. The second kappa shape index (κ2) is 8.72. The third-order valence-corrected chi connectivity index (χ3v) is 4.88. The molecule has 2 unspecified atom stereocenters. The highest BCUT2D eigenvalue weighted by atomic mass is 35.5. The number of anilines is 1. The van der Waals surface area contributed by atoms with Gasteiger partial charge in [0.1, 0.15) is 0 Å². The topological polar surface area (TPSA) is 23.6 Å². The number of halogens is 2. The fourth-order valence-electron chi connectivity index (χ4n) is 3.40. The number of hydrogen-bond acceptors (Lipinski definition) is 2. The number of likely N-dealkylation sites (N-methyl/N-ethyl adjacent to an activating group) is 1. The summed E-state index contributed by atoms with van der Waals surface area (Å²) in [6.45, 7) is 4.64. The minimum absolute atomic E-state index is 0.0752. The Labute approximate surface area is 148 Å². The van der Waals surface area contributed by atoms with Gasteiger partial charge in [0.2, 0.25) is 5.91 Å². The van der Waals surface area contributed by atoms with Crippen LogP contribution < -0.4 is 4.90 Å². The molecule has 1 saturated carbocycles. The van der Waals surface area contributed by atoms with Crippen molar-refractivity contribution < 1.29 is 4.79 Å². The van der Waals surface area contributed by atoms with Gasteiger partial charge in [-0.3, -0.25) is 9.69 Å². The summed E-state index contributed by atoms with van der Waals surface area (Å²) in [5.74, 6) is 0.411. The number of amides is 1. The highest BCUT2D eigenvalue weighted by molar-refractivity contribution is 6.30. The molecular weight excluding hydrogens is 331 g/mol. The molecule has 1 fully saturated rings. The molecule has 0 bridgehead atoms. The van der Waals surface area contributed by atoms with Crippen molar-refractivity contribution in [3.8, 4) is 0 Å². The molecule has 1 aromatic rings. The second-order valence-corrected chi connectivity index (χ2v) is 6.79. The van der Waals surface area contributed by atoms with Crippen LogP contribution in [0.4, 0.5) is 5.69 Å². The average molecular weight is 355 g/mol. The Kier molecular flexibility index (Phi) is 6.94. The Morgan fingerprint density at radius 2 is 1.96 bits per heavy atom. The van der Waals surface area contributed by atoms with Gasteiger partial charge in [-0.25, -0.2) is 0 Å². The lowest BCUT2D eigenvalue weighted by Crippen LogP contribution is -2.50. The summed E-state index contributed by atoms with van der Waals surface area (Å²) < 4.78 is 0. The molecule has 23 heavy (non-hydrogen) atoms. The van der Waals surface area contributed by atoms with E-state index in [1.165, 1.54) is 0 Å². The van der Waals surface area contributed by atoms with Crippen LogP contribution >= 0.6 is 23.2 Å². The molecule has 0 saturated heterocycles. The Hall–Kier alpha value is -1.03. The van der Waals surface area contributed by atoms with Gasteiger partial charge in [0.15, 0.2) is 0 Å². The van der Waals surface area contributed by atoms with Crippen LogP contribution in [0.2, 0.25) is 5.02 Å². The standard InChI is InChI=1S/C18H24Cl2N2O/c1-3-13-21(2)16-5-4-6-17(16)22(18(23)11-12-19)15-9-7-14(20)8-10-15/h3,7-10,16-17H,1,4-6,11-13H2,2H3. The Morgan fingerprint density at radius 1 is 1.30 bits per heavy atom. The highest BCUT2D eigenvalue weighted by Gasteiger charge is 2.37. The average Bonchev–Trinajstić information content (AvgIpc) is 2.99. The Morgan fingerprint density at radius 3 is 2.57 bits per heavy atom. The third-order valence-electron chi connectivity index (χ3n) is 4.44. The van der Waals surface area contributed by atoms with Crippen molar-refractivity contribution in [1.82, 2.24) is 4.90 Å². The van der Waals surface area contributed by atoms with Gasteiger partial charge in [-0.05, 0) is 50.6 Å². The van der Waals surface area contributed by atoms with Crippen molar-refractivity contribution in [2.24, 2.45) is 0 Å². The third kappa shape index (κ3) is 4.50. The van der Waals surface area contributed by atoms with Gasteiger partial charge in [-0.1, -0.05) is 17.7 Å². The van der Waals surface area contributed by atoms with Crippen molar-refractivity contribution in [1.29, 1.82) is 0 Å². The smallest absolute Gasteiger partial charge is 0.228 e. The van der Waals surface area contributed by atoms with Crippen LogP contribution in [0.15, 0.2) is 36.9 Å². The molecule has 0 spiro atoms. The van der Waals surface area contributed by atoms with E-state index in [1.807, 2.05) is 35.2 Å². The molecule has 0 N–H and O–H groups in total. The first-order valence-corrected chi connectivity index (χ1v) is 8.94. The van der Waals surface area contributed by atoms with Gasteiger partial charge in [0, 0.05) is 35.6 Å². The minimum atomic E-state index is 0.0752. The highest BCUT2D eigenvalue weighted by Crippen LogP contribution is 2.32. The maximum atomic E-state index is 12.7. The first kappa shape index (κ1) is 18.3. The molecule has 1 aliphatic carbocycles. The van der Waals surface area contributed by atoms with Crippen LogP contribution in [0, 0.1) is 0 Å². The Bertz CT molecular complexity index is 532. The van der Waals surface area contributed by atoms with E-state index in [4.69, 9.17) is 23.2 Å². The molecule has 5 heteroatoms. The molecule has 0 aliphatic heterocycles. The van der Waals surface area contributed by atoms with E-state index in [0.717, 1.165) is 31.5 Å². The van der Waals surface area contributed by atoms with Gasteiger partial charge >= 0.3 is 0 Å². The predicted molar refractivity (Wildman–Crippen MR) is 98.5 cm³/mol. The monoisotopic (exact) mass is 354 g/mol. The van der Waals surface area contributed by atoms with Gasteiger partial charge in [-0.15, -0.1) is 18.2 Å². The van der Waals surface area contributed by atoms with Crippen molar-refractivity contribution in [2.75, 3.05) is 24.4 Å². The van der Waals surface area contributed by atoms with Crippen LogP contribution in [0.25, 0.3) is 0 Å².